The van der Waals surface area contributed by atoms with E-state index in [1.54, 1.807) is 55.6 Å². The molecule has 0 saturated heterocycles. The molecule has 0 aliphatic heterocycles. The molecule has 6 nitrogen and oxygen atoms in total. The van der Waals surface area contributed by atoms with Gasteiger partial charge in [0.1, 0.15) is 17.6 Å². The van der Waals surface area contributed by atoms with Gasteiger partial charge in [0.15, 0.2) is 0 Å². The van der Waals surface area contributed by atoms with Crippen LogP contribution in [0, 0.1) is 11.3 Å². The molecule has 2 rings (SSSR count). The number of nitriles is 1. The van der Waals surface area contributed by atoms with E-state index in [-0.39, 0.29) is 19.2 Å². The van der Waals surface area contributed by atoms with Crippen molar-refractivity contribution in [2.24, 2.45) is 0 Å². The Hall–Kier alpha value is -3.04. The summed E-state index contributed by atoms with van der Waals surface area (Å²) in [7, 11) is 1.60. The molecule has 23 heavy (non-hydrogen) atoms. The van der Waals surface area contributed by atoms with Crippen molar-refractivity contribution in [3.63, 3.8) is 0 Å². The normalized spacial score (nSPS) is 9.78. The van der Waals surface area contributed by atoms with Gasteiger partial charge in [0, 0.05) is 19.3 Å². The molecular weight excluding hydrogens is 294 g/mol. The molecule has 0 aliphatic rings. The van der Waals surface area contributed by atoms with Crippen LogP contribution in [0.15, 0.2) is 48.5 Å². The van der Waals surface area contributed by atoms with Crippen LogP contribution in [0.5, 0.6) is 11.5 Å². The molecule has 0 spiro atoms. The second kappa shape index (κ2) is 7.82. The molecule has 2 aromatic carbocycles. The highest BCUT2D eigenvalue weighted by Crippen LogP contribution is 2.25. The maximum atomic E-state index is 11.8. The quantitative estimate of drug-likeness (QED) is 0.889. The number of rotatable bonds is 5. The third-order valence-electron chi connectivity index (χ3n) is 3.12. The van der Waals surface area contributed by atoms with E-state index in [1.165, 1.54) is 4.90 Å². The number of hydrogen-bond donors (Lipinski definition) is 2. The van der Waals surface area contributed by atoms with Crippen molar-refractivity contribution in [2.75, 3.05) is 25.5 Å². The van der Waals surface area contributed by atoms with Crippen molar-refractivity contribution in [1.82, 2.24) is 4.90 Å². The van der Waals surface area contributed by atoms with Gasteiger partial charge in [-0.3, -0.25) is 0 Å². The second-order valence-corrected chi connectivity index (χ2v) is 4.81. The molecule has 0 radical (unpaired) electrons. The summed E-state index contributed by atoms with van der Waals surface area (Å²) in [5.74, 6) is 1.05. The number of urea groups is 1. The maximum Gasteiger partial charge on any atom is 0.321 e. The smallest absolute Gasteiger partial charge is 0.321 e. The Balaban J connectivity index is 2.02. The van der Waals surface area contributed by atoms with Crippen molar-refractivity contribution in [2.45, 2.75) is 0 Å². The average molecular weight is 311 g/mol. The summed E-state index contributed by atoms with van der Waals surface area (Å²) >= 11 is 0. The summed E-state index contributed by atoms with van der Waals surface area (Å²) in [6.07, 6.45) is 0. The molecule has 0 atom stereocenters. The van der Waals surface area contributed by atoms with Gasteiger partial charge in [0.2, 0.25) is 0 Å². The molecule has 6 heteroatoms. The van der Waals surface area contributed by atoms with Crippen LogP contribution in [0.3, 0.4) is 0 Å². The van der Waals surface area contributed by atoms with Crippen LogP contribution in [-0.2, 0) is 0 Å². The number of amides is 2. The number of likely N-dealkylation sites (N-methyl/N-ethyl adjacent to an activating group) is 1. The number of carbonyl (C=O) groups is 1. The standard InChI is InChI=1S/C17H17N3O3/c1-20(10-11-21)17(22)19-14-6-8-15(9-7-14)23-16-5-3-2-4-13(16)12-18/h2-9,21H,10-11H2,1H3,(H,19,22). The molecule has 0 heterocycles. The number of carbonyl (C=O) groups excluding carboxylic acids is 1. The molecule has 2 aromatic rings. The highest BCUT2D eigenvalue weighted by Gasteiger charge is 2.08. The molecule has 2 N–H and O–H groups in total. The molecule has 118 valence electrons. The fourth-order valence-corrected chi connectivity index (χ4v) is 1.85. The predicted octanol–water partition coefficient (Wildman–Crippen LogP) is 2.81. The first kappa shape index (κ1) is 16.3. The van der Waals surface area contributed by atoms with Crippen LogP contribution in [0.25, 0.3) is 0 Å². The average Bonchev–Trinajstić information content (AvgIpc) is 2.57. The highest BCUT2D eigenvalue weighted by molar-refractivity contribution is 5.89. The van der Waals surface area contributed by atoms with E-state index in [0.29, 0.717) is 22.7 Å². The molecule has 0 aliphatic carbocycles. The summed E-state index contributed by atoms with van der Waals surface area (Å²) < 4.78 is 5.67. The monoisotopic (exact) mass is 311 g/mol. The van der Waals surface area contributed by atoms with Crippen molar-refractivity contribution in [3.05, 3.63) is 54.1 Å². The van der Waals surface area contributed by atoms with E-state index < -0.39 is 0 Å². The second-order valence-electron chi connectivity index (χ2n) is 4.81. The Morgan fingerprint density at radius 1 is 1.26 bits per heavy atom. The van der Waals surface area contributed by atoms with Crippen LogP contribution in [-0.4, -0.2) is 36.2 Å². The van der Waals surface area contributed by atoms with E-state index >= 15 is 0 Å². The van der Waals surface area contributed by atoms with Crippen molar-refractivity contribution in [1.29, 1.82) is 5.26 Å². The van der Waals surface area contributed by atoms with Crippen LogP contribution in [0.4, 0.5) is 10.5 Å². The van der Waals surface area contributed by atoms with Gasteiger partial charge in [-0.25, -0.2) is 4.79 Å². The minimum atomic E-state index is -0.303. The molecular formula is C17H17N3O3. The van der Waals surface area contributed by atoms with E-state index in [4.69, 9.17) is 15.1 Å². The molecule has 0 bridgehead atoms. The Bertz CT molecular complexity index is 708. The Kier molecular flexibility index (Phi) is 5.56. The number of hydrogen-bond acceptors (Lipinski definition) is 4. The molecule has 0 unspecified atom stereocenters. The maximum absolute atomic E-state index is 11.8. The number of aliphatic hydroxyl groups excluding tert-OH is 1. The largest absolute Gasteiger partial charge is 0.456 e. The van der Waals surface area contributed by atoms with Crippen molar-refractivity contribution in [3.8, 4) is 17.6 Å². The fraction of sp³-hybridized carbons (Fsp3) is 0.176. The van der Waals surface area contributed by atoms with Crippen LogP contribution >= 0.6 is 0 Å². The van der Waals surface area contributed by atoms with E-state index in [1.807, 2.05) is 0 Å². The predicted molar refractivity (Wildman–Crippen MR) is 86.4 cm³/mol. The zero-order valence-electron chi connectivity index (χ0n) is 12.7. The lowest BCUT2D eigenvalue weighted by atomic mass is 10.2. The first-order valence-corrected chi connectivity index (χ1v) is 7.04. The van der Waals surface area contributed by atoms with Gasteiger partial charge in [0.25, 0.3) is 0 Å². The van der Waals surface area contributed by atoms with E-state index in [0.717, 1.165) is 0 Å². The lowest BCUT2D eigenvalue weighted by molar-refractivity contribution is 0.202. The third-order valence-corrected chi connectivity index (χ3v) is 3.12. The van der Waals surface area contributed by atoms with Gasteiger partial charge in [-0.1, -0.05) is 12.1 Å². The Morgan fingerprint density at radius 2 is 1.96 bits per heavy atom. The first-order valence-electron chi connectivity index (χ1n) is 7.04. The number of anilines is 1. The van der Waals surface area contributed by atoms with Crippen molar-refractivity contribution >= 4 is 11.7 Å². The number of nitrogens with one attached hydrogen (secondary N) is 1. The minimum absolute atomic E-state index is 0.0883. The Labute approximate surface area is 134 Å². The zero-order valence-corrected chi connectivity index (χ0v) is 12.7. The lowest BCUT2D eigenvalue weighted by Crippen LogP contribution is -2.33. The van der Waals surface area contributed by atoms with E-state index in [9.17, 15) is 4.79 Å². The van der Waals surface area contributed by atoms with Gasteiger partial charge >= 0.3 is 6.03 Å². The number of ether oxygens (including phenoxy) is 1. The van der Waals surface area contributed by atoms with Gasteiger partial charge in [0.05, 0.1) is 12.2 Å². The topological polar surface area (TPSA) is 85.6 Å². The number of benzene rings is 2. The minimum Gasteiger partial charge on any atom is -0.456 e. The van der Waals surface area contributed by atoms with Crippen LogP contribution < -0.4 is 10.1 Å². The summed E-state index contributed by atoms with van der Waals surface area (Å²) in [4.78, 5) is 13.2. The van der Waals surface area contributed by atoms with Crippen molar-refractivity contribution < 1.29 is 14.6 Å². The van der Waals surface area contributed by atoms with Gasteiger partial charge in [-0.15, -0.1) is 0 Å². The SMILES string of the molecule is CN(CCO)C(=O)Nc1ccc(Oc2ccccc2C#N)cc1. The summed E-state index contributed by atoms with van der Waals surface area (Å²) in [6, 6.07) is 15.5. The summed E-state index contributed by atoms with van der Waals surface area (Å²) in [5, 5.41) is 20.6. The van der Waals surface area contributed by atoms with Gasteiger partial charge in [-0.2, -0.15) is 5.26 Å². The Morgan fingerprint density at radius 3 is 2.61 bits per heavy atom. The molecule has 0 saturated carbocycles. The number of para-hydroxylation sites is 1. The number of aliphatic hydroxyl groups is 1. The molecule has 0 fully saturated rings. The van der Waals surface area contributed by atoms with Gasteiger partial charge < -0.3 is 20.1 Å². The van der Waals surface area contributed by atoms with Crippen LogP contribution in [0.2, 0.25) is 0 Å². The van der Waals surface area contributed by atoms with Crippen LogP contribution in [0.1, 0.15) is 5.56 Å². The van der Waals surface area contributed by atoms with E-state index in [2.05, 4.69) is 11.4 Å². The summed E-state index contributed by atoms with van der Waals surface area (Å²) in [5.41, 5.74) is 1.07. The first-order chi connectivity index (χ1) is 11.1. The zero-order chi connectivity index (χ0) is 16.7. The fourth-order valence-electron chi connectivity index (χ4n) is 1.85. The summed E-state index contributed by atoms with van der Waals surface area (Å²) in [6.45, 7) is 0.174. The highest BCUT2D eigenvalue weighted by atomic mass is 16.5. The molecule has 2 amide bonds. The molecule has 0 aromatic heterocycles. The van der Waals surface area contributed by atoms with Gasteiger partial charge in [-0.05, 0) is 36.4 Å². The lowest BCUT2D eigenvalue weighted by Gasteiger charge is -2.16. The number of nitrogens with zero attached hydrogens (tertiary/aromatic N) is 2. The third kappa shape index (κ3) is 4.46.